The normalized spacial score (nSPS) is 9.75. The third-order valence-corrected chi connectivity index (χ3v) is 2.74. The highest BCUT2D eigenvalue weighted by Crippen LogP contribution is 2.20. The molecule has 1 amide bonds. The Balaban J connectivity index is 2.26. The first-order valence-corrected chi connectivity index (χ1v) is 6.27. The molecule has 6 heteroatoms. The van der Waals surface area contributed by atoms with E-state index in [-0.39, 0.29) is 12.5 Å². The molecular formula is C14H13ClN4O. The fourth-order valence-corrected chi connectivity index (χ4v) is 1.77. The van der Waals surface area contributed by atoms with Crippen LogP contribution < -0.4 is 11.1 Å². The van der Waals surface area contributed by atoms with Gasteiger partial charge >= 0.3 is 0 Å². The number of aromatic nitrogens is 2. The van der Waals surface area contributed by atoms with Gasteiger partial charge in [-0.1, -0.05) is 23.4 Å². The van der Waals surface area contributed by atoms with Gasteiger partial charge in [-0.3, -0.25) is 9.48 Å². The number of hydrogen-bond donors (Lipinski definition) is 2. The molecule has 0 radical (unpaired) electrons. The van der Waals surface area contributed by atoms with Gasteiger partial charge in [-0.25, -0.2) is 0 Å². The van der Waals surface area contributed by atoms with Crippen molar-refractivity contribution in [1.29, 1.82) is 0 Å². The third-order valence-electron chi connectivity index (χ3n) is 2.50. The zero-order valence-corrected chi connectivity index (χ0v) is 11.6. The Morgan fingerprint density at radius 1 is 1.50 bits per heavy atom. The molecule has 0 aliphatic carbocycles. The van der Waals surface area contributed by atoms with E-state index in [4.69, 9.17) is 17.3 Å². The van der Waals surface area contributed by atoms with Crippen LogP contribution in [0.3, 0.4) is 0 Å². The van der Waals surface area contributed by atoms with Gasteiger partial charge in [-0.05, 0) is 24.3 Å². The van der Waals surface area contributed by atoms with E-state index in [1.165, 1.54) is 0 Å². The summed E-state index contributed by atoms with van der Waals surface area (Å²) in [6, 6.07) is 6.70. The van der Waals surface area contributed by atoms with E-state index in [1.54, 1.807) is 42.2 Å². The van der Waals surface area contributed by atoms with Crippen LogP contribution in [0.4, 0.5) is 5.69 Å². The number of hydrogen-bond acceptors (Lipinski definition) is 3. The lowest BCUT2D eigenvalue weighted by atomic mass is 10.1. The molecular weight excluding hydrogens is 276 g/mol. The highest BCUT2D eigenvalue weighted by atomic mass is 35.5. The van der Waals surface area contributed by atoms with E-state index >= 15 is 0 Å². The Hall–Kier alpha value is -2.29. The van der Waals surface area contributed by atoms with Crippen molar-refractivity contribution in [1.82, 2.24) is 9.78 Å². The number of benzene rings is 1. The van der Waals surface area contributed by atoms with Crippen molar-refractivity contribution in [3.63, 3.8) is 0 Å². The first kappa shape index (κ1) is 14.1. The van der Waals surface area contributed by atoms with E-state index in [0.29, 0.717) is 22.0 Å². The number of carbonyl (C=O) groups excluding carboxylic acids is 1. The number of amides is 1. The highest BCUT2D eigenvalue weighted by Gasteiger charge is 2.11. The smallest absolute Gasteiger partial charge is 0.276 e. The van der Waals surface area contributed by atoms with Crippen molar-refractivity contribution in [2.75, 3.05) is 11.9 Å². The molecule has 0 unspecified atom stereocenters. The number of nitrogens with two attached hydrogens (primary N) is 1. The molecule has 0 aliphatic rings. The molecule has 1 heterocycles. The lowest BCUT2D eigenvalue weighted by molar-refractivity contribution is 0.102. The van der Waals surface area contributed by atoms with Gasteiger partial charge in [0.15, 0.2) is 5.69 Å². The molecule has 20 heavy (non-hydrogen) atoms. The summed E-state index contributed by atoms with van der Waals surface area (Å²) in [5.74, 6) is 5.31. The van der Waals surface area contributed by atoms with Gasteiger partial charge in [0, 0.05) is 23.8 Å². The van der Waals surface area contributed by atoms with E-state index < -0.39 is 0 Å². The quantitative estimate of drug-likeness (QED) is 0.825. The summed E-state index contributed by atoms with van der Waals surface area (Å²) in [4.78, 5) is 12.0. The largest absolute Gasteiger partial charge is 0.320 e. The third kappa shape index (κ3) is 3.38. The second-order valence-electron chi connectivity index (χ2n) is 4.02. The van der Waals surface area contributed by atoms with E-state index in [2.05, 4.69) is 22.3 Å². The van der Waals surface area contributed by atoms with Crippen molar-refractivity contribution in [3.05, 3.63) is 46.7 Å². The maximum absolute atomic E-state index is 12.0. The average molecular weight is 289 g/mol. The standard InChI is InChI=1S/C14H13ClN4O/c1-19-8-6-13(18-19)14(20)17-12-5-4-11(15)9-10(12)3-2-7-16/h4-6,8-9H,7,16H2,1H3,(H,17,20). The highest BCUT2D eigenvalue weighted by molar-refractivity contribution is 6.30. The lowest BCUT2D eigenvalue weighted by Crippen LogP contribution is -2.14. The molecule has 0 aliphatic heterocycles. The predicted octanol–water partition coefficient (Wildman–Crippen LogP) is 1.64. The fraction of sp³-hybridized carbons (Fsp3) is 0.143. The Bertz CT molecular complexity index is 697. The van der Waals surface area contributed by atoms with Gasteiger partial charge in [0.25, 0.3) is 5.91 Å². The predicted molar refractivity (Wildman–Crippen MR) is 78.5 cm³/mol. The van der Waals surface area contributed by atoms with Crippen LogP contribution in [0.1, 0.15) is 16.1 Å². The molecule has 1 aromatic carbocycles. The van der Waals surface area contributed by atoms with Crippen LogP contribution >= 0.6 is 11.6 Å². The molecule has 0 spiro atoms. The first-order chi connectivity index (χ1) is 9.60. The Morgan fingerprint density at radius 3 is 2.95 bits per heavy atom. The van der Waals surface area contributed by atoms with Gasteiger partial charge in [0.2, 0.25) is 0 Å². The van der Waals surface area contributed by atoms with E-state index in [9.17, 15) is 4.79 Å². The minimum Gasteiger partial charge on any atom is -0.320 e. The van der Waals surface area contributed by atoms with Gasteiger partial charge in [-0.15, -0.1) is 0 Å². The van der Waals surface area contributed by atoms with Crippen LogP contribution in [0.2, 0.25) is 5.02 Å². The minimum absolute atomic E-state index is 0.236. The van der Waals surface area contributed by atoms with Crippen LogP contribution in [-0.2, 0) is 7.05 Å². The second-order valence-corrected chi connectivity index (χ2v) is 4.46. The molecule has 2 rings (SSSR count). The monoisotopic (exact) mass is 288 g/mol. The number of anilines is 1. The summed E-state index contributed by atoms with van der Waals surface area (Å²) >= 11 is 5.93. The van der Waals surface area contributed by atoms with Crippen LogP contribution in [0.5, 0.6) is 0 Å². The van der Waals surface area contributed by atoms with Crippen molar-refractivity contribution in [3.8, 4) is 11.8 Å². The number of halogens is 1. The summed E-state index contributed by atoms with van der Waals surface area (Å²) in [5, 5.41) is 7.34. The SMILES string of the molecule is Cn1ccc(C(=O)Nc2ccc(Cl)cc2C#CCN)n1. The number of rotatable bonds is 2. The number of carbonyl (C=O) groups is 1. The zero-order valence-electron chi connectivity index (χ0n) is 10.9. The van der Waals surface area contributed by atoms with Gasteiger partial charge in [0.05, 0.1) is 12.2 Å². The van der Waals surface area contributed by atoms with E-state index in [1.807, 2.05) is 0 Å². The molecule has 0 saturated carbocycles. The van der Waals surface area contributed by atoms with Crippen LogP contribution in [0.25, 0.3) is 0 Å². The first-order valence-electron chi connectivity index (χ1n) is 5.89. The molecule has 0 bridgehead atoms. The maximum Gasteiger partial charge on any atom is 0.276 e. The van der Waals surface area contributed by atoms with Crippen LogP contribution in [0, 0.1) is 11.8 Å². The van der Waals surface area contributed by atoms with Crippen molar-refractivity contribution in [2.45, 2.75) is 0 Å². The van der Waals surface area contributed by atoms with E-state index in [0.717, 1.165) is 0 Å². The Morgan fingerprint density at radius 2 is 2.30 bits per heavy atom. The Labute approximate surface area is 121 Å². The molecule has 5 nitrogen and oxygen atoms in total. The maximum atomic E-state index is 12.0. The van der Waals surface area contributed by atoms with Crippen molar-refractivity contribution >= 4 is 23.2 Å². The summed E-state index contributed by atoms with van der Waals surface area (Å²) in [6.07, 6.45) is 1.70. The topological polar surface area (TPSA) is 72.9 Å². The molecule has 1 aromatic heterocycles. The summed E-state index contributed by atoms with van der Waals surface area (Å²) in [5.41, 5.74) is 6.88. The van der Waals surface area contributed by atoms with Crippen LogP contribution in [0.15, 0.2) is 30.5 Å². The zero-order chi connectivity index (χ0) is 14.5. The average Bonchev–Trinajstić information content (AvgIpc) is 2.85. The number of nitrogens with zero attached hydrogens (tertiary/aromatic N) is 2. The summed E-state index contributed by atoms with van der Waals surface area (Å²) in [7, 11) is 1.75. The number of nitrogens with one attached hydrogen (secondary N) is 1. The van der Waals surface area contributed by atoms with Gasteiger partial charge in [0.1, 0.15) is 0 Å². The number of aryl methyl sites for hydroxylation is 1. The van der Waals surface area contributed by atoms with Crippen LogP contribution in [-0.4, -0.2) is 22.2 Å². The van der Waals surface area contributed by atoms with Crippen molar-refractivity contribution in [2.24, 2.45) is 12.8 Å². The van der Waals surface area contributed by atoms with Crippen molar-refractivity contribution < 1.29 is 4.79 Å². The molecule has 0 saturated heterocycles. The second kappa shape index (κ2) is 6.24. The summed E-state index contributed by atoms with van der Waals surface area (Å²) < 4.78 is 1.56. The minimum atomic E-state index is -0.302. The van der Waals surface area contributed by atoms with Gasteiger partial charge < -0.3 is 11.1 Å². The molecule has 0 atom stereocenters. The lowest BCUT2D eigenvalue weighted by Gasteiger charge is -2.06. The Kier molecular flexibility index (Phi) is 4.41. The fourth-order valence-electron chi connectivity index (χ4n) is 1.60. The molecule has 2 aromatic rings. The van der Waals surface area contributed by atoms with Gasteiger partial charge in [-0.2, -0.15) is 5.10 Å². The molecule has 0 fully saturated rings. The molecule has 3 N–H and O–H groups in total. The molecule has 102 valence electrons. The summed E-state index contributed by atoms with van der Waals surface area (Å²) in [6.45, 7) is 0.236.